The van der Waals surface area contributed by atoms with Crippen LogP contribution in [-0.4, -0.2) is 12.6 Å². The SMILES string of the molecule is CCC1CCNC(/C=C/c2ccc(F)c(Cl)c2)C1. The lowest BCUT2D eigenvalue weighted by Gasteiger charge is -2.27. The van der Waals surface area contributed by atoms with Gasteiger partial charge in [-0.2, -0.15) is 0 Å². The first-order chi connectivity index (χ1) is 8.69. The molecule has 0 saturated carbocycles. The Morgan fingerprint density at radius 3 is 3.06 bits per heavy atom. The molecule has 2 rings (SSSR count). The minimum absolute atomic E-state index is 0.181. The molecule has 1 aliphatic rings. The molecule has 1 nitrogen and oxygen atoms in total. The summed E-state index contributed by atoms with van der Waals surface area (Å²) < 4.78 is 13.0. The van der Waals surface area contributed by atoms with Gasteiger partial charge in [-0.15, -0.1) is 0 Å². The Morgan fingerprint density at radius 2 is 2.33 bits per heavy atom. The first-order valence-electron chi connectivity index (χ1n) is 6.55. The Bertz CT molecular complexity index is 431. The van der Waals surface area contributed by atoms with E-state index in [0.29, 0.717) is 6.04 Å². The van der Waals surface area contributed by atoms with Gasteiger partial charge in [0.2, 0.25) is 0 Å². The maximum absolute atomic E-state index is 13.0. The summed E-state index contributed by atoms with van der Waals surface area (Å²) >= 11 is 5.76. The van der Waals surface area contributed by atoms with Crippen LogP contribution in [0.25, 0.3) is 6.08 Å². The maximum atomic E-state index is 13.0. The van der Waals surface area contributed by atoms with Crippen molar-refractivity contribution in [1.29, 1.82) is 0 Å². The van der Waals surface area contributed by atoms with Crippen molar-refractivity contribution in [3.8, 4) is 0 Å². The Morgan fingerprint density at radius 1 is 1.50 bits per heavy atom. The van der Waals surface area contributed by atoms with E-state index in [9.17, 15) is 4.39 Å². The molecule has 0 aromatic heterocycles. The number of nitrogens with one attached hydrogen (secondary N) is 1. The molecule has 98 valence electrons. The Kier molecular flexibility index (Phi) is 4.79. The Labute approximate surface area is 113 Å². The topological polar surface area (TPSA) is 12.0 Å². The molecular formula is C15H19ClFN. The number of piperidine rings is 1. The van der Waals surface area contributed by atoms with E-state index < -0.39 is 0 Å². The van der Waals surface area contributed by atoms with Crippen molar-refractivity contribution >= 4 is 17.7 Å². The molecule has 18 heavy (non-hydrogen) atoms. The minimum Gasteiger partial charge on any atom is -0.310 e. The summed E-state index contributed by atoms with van der Waals surface area (Å²) in [5, 5.41) is 3.67. The fraction of sp³-hybridized carbons (Fsp3) is 0.467. The van der Waals surface area contributed by atoms with E-state index in [0.717, 1.165) is 18.0 Å². The smallest absolute Gasteiger partial charge is 0.141 e. The molecule has 1 N–H and O–H groups in total. The molecule has 0 radical (unpaired) electrons. The summed E-state index contributed by atoms with van der Waals surface area (Å²) in [5.74, 6) is 0.452. The Hall–Kier alpha value is -0.860. The predicted molar refractivity (Wildman–Crippen MR) is 75.2 cm³/mol. The largest absolute Gasteiger partial charge is 0.310 e. The van der Waals surface area contributed by atoms with E-state index in [-0.39, 0.29) is 10.8 Å². The van der Waals surface area contributed by atoms with Crippen molar-refractivity contribution in [2.75, 3.05) is 6.54 Å². The minimum atomic E-state index is -0.365. The summed E-state index contributed by atoms with van der Waals surface area (Å²) in [6.07, 6.45) is 7.87. The van der Waals surface area contributed by atoms with Crippen LogP contribution in [0.1, 0.15) is 31.7 Å². The van der Waals surface area contributed by atoms with E-state index in [2.05, 4.69) is 18.3 Å². The van der Waals surface area contributed by atoms with Crippen LogP contribution in [-0.2, 0) is 0 Å². The summed E-state index contributed by atoms with van der Waals surface area (Å²) in [7, 11) is 0. The molecule has 1 fully saturated rings. The van der Waals surface area contributed by atoms with E-state index in [1.54, 1.807) is 12.1 Å². The third-order valence-electron chi connectivity index (χ3n) is 3.59. The molecule has 1 saturated heterocycles. The molecule has 0 amide bonds. The van der Waals surface area contributed by atoms with Crippen LogP contribution in [0.2, 0.25) is 5.02 Å². The molecule has 0 bridgehead atoms. The monoisotopic (exact) mass is 267 g/mol. The van der Waals surface area contributed by atoms with Gasteiger partial charge >= 0.3 is 0 Å². The fourth-order valence-corrected chi connectivity index (χ4v) is 2.58. The second kappa shape index (κ2) is 6.35. The normalized spacial score (nSPS) is 24.6. The van der Waals surface area contributed by atoms with Crippen LogP contribution in [0.4, 0.5) is 4.39 Å². The highest BCUT2D eigenvalue weighted by Crippen LogP contribution is 2.21. The highest BCUT2D eigenvalue weighted by Gasteiger charge is 2.17. The molecule has 2 atom stereocenters. The fourth-order valence-electron chi connectivity index (χ4n) is 2.39. The highest BCUT2D eigenvalue weighted by atomic mass is 35.5. The van der Waals surface area contributed by atoms with Gasteiger partial charge in [0.25, 0.3) is 0 Å². The van der Waals surface area contributed by atoms with Crippen LogP contribution < -0.4 is 5.32 Å². The zero-order valence-corrected chi connectivity index (χ0v) is 11.4. The molecule has 1 aromatic carbocycles. The number of rotatable bonds is 3. The zero-order valence-electron chi connectivity index (χ0n) is 10.6. The summed E-state index contributed by atoms with van der Waals surface area (Å²) in [6, 6.07) is 5.24. The van der Waals surface area contributed by atoms with Crippen LogP contribution >= 0.6 is 11.6 Å². The first kappa shape index (κ1) is 13.6. The second-order valence-electron chi connectivity index (χ2n) is 4.89. The van der Waals surface area contributed by atoms with E-state index in [1.807, 2.05) is 6.08 Å². The molecular weight excluding hydrogens is 249 g/mol. The van der Waals surface area contributed by atoms with Crippen molar-refractivity contribution in [3.63, 3.8) is 0 Å². The second-order valence-corrected chi connectivity index (χ2v) is 5.30. The van der Waals surface area contributed by atoms with Crippen molar-refractivity contribution in [1.82, 2.24) is 5.32 Å². The van der Waals surface area contributed by atoms with Gasteiger partial charge in [0, 0.05) is 6.04 Å². The van der Waals surface area contributed by atoms with Crippen LogP contribution in [0.15, 0.2) is 24.3 Å². The molecule has 0 aliphatic carbocycles. The van der Waals surface area contributed by atoms with Crippen LogP contribution in [0.3, 0.4) is 0 Å². The number of hydrogen-bond donors (Lipinski definition) is 1. The third-order valence-corrected chi connectivity index (χ3v) is 3.88. The van der Waals surface area contributed by atoms with Crippen LogP contribution in [0.5, 0.6) is 0 Å². The lowest BCUT2D eigenvalue weighted by molar-refractivity contribution is 0.326. The molecule has 1 heterocycles. The van der Waals surface area contributed by atoms with Crippen molar-refractivity contribution in [2.24, 2.45) is 5.92 Å². The maximum Gasteiger partial charge on any atom is 0.141 e. The average molecular weight is 268 g/mol. The van der Waals surface area contributed by atoms with Crippen molar-refractivity contribution in [2.45, 2.75) is 32.2 Å². The quantitative estimate of drug-likeness (QED) is 0.862. The molecule has 1 aliphatic heterocycles. The number of hydrogen-bond acceptors (Lipinski definition) is 1. The van der Waals surface area contributed by atoms with Gasteiger partial charge in [-0.3, -0.25) is 0 Å². The Balaban J connectivity index is 1.99. The predicted octanol–water partition coefficient (Wildman–Crippen LogP) is 4.27. The van der Waals surface area contributed by atoms with E-state index in [4.69, 9.17) is 11.6 Å². The standard InChI is InChI=1S/C15H19ClFN/c1-2-11-7-8-18-13(9-11)5-3-12-4-6-15(17)14(16)10-12/h3-6,10-11,13,18H,2,7-9H2,1H3/b5-3+. The summed E-state index contributed by atoms with van der Waals surface area (Å²) in [4.78, 5) is 0. The molecule has 2 unspecified atom stereocenters. The van der Waals surface area contributed by atoms with Crippen molar-refractivity contribution in [3.05, 3.63) is 40.7 Å². The molecule has 3 heteroatoms. The van der Waals surface area contributed by atoms with Gasteiger partial charge in [-0.05, 0) is 43.0 Å². The van der Waals surface area contributed by atoms with Gasteiger partial charge in [0.1, 0.15) is 5.82 Å². The van der Waals surface area contributed by atoms with Crippen LogP contribution in [0, 0.1) is 11.7 Å². The zero-order chi connectivity index (χ0) is 13.0. The third kappa shape index (κ3) is 3.56. The average Bonchev–Trinajstić information content (AvgIpc) is 2.40. The van der Waals surface area contributed by atoms with E-state index >= 15 is 0 Å². The number of halogens is 2. The van der Waals surface area contributed by atoms with Gasteiger partial charge in [-0.25, -0.2) is 4.39 Å². The summed E-state index contributed by atoms with van der Waals surface area (Å²) in [6.45, 7) is 3.33. The van der Waals surface area contributed by atoms with Gasteiger partial charge in [0.05, 0.1) is 5.02 Å². The first-order valence-corrected chi connectivity index (χ1v) is 6.93. The lowest BCUT2D eigenvalue weighted by atomic mass is 9.90. The summed E-state index contributed by atoms with van der Waals surface area (Å²) in [5.41, 5.74) is 0.946. The van der Waals surface area contributed by atoms with Gasteiger partial charge in [0.15, 0.2) is 0 Å². The van der Waals surface area contributed by atoms with Gasteiger partial charge < -0.3 is 5.32 Å². The van der Waals surface area contributed by atoms with Gasteiger partial charge in [-0.1, -0.05) is 43.2 Å². The molecule has 1 aromatic rings. The lowest BCUT2D eigenvalue weighted by Crippen LogP contribution is -2.36. The van der Waals surface area contributed by atoms with Crippen molar-refractivity contribution < 1.29 is 4.39 Å². The highest BCUT2D eigenvalue weighted by molar-refractivity contribution is 6.30. The number of benzene rings is 1. The molecule has 0 spiro atoms. The van der Waals surface area contributed by atoms with E-state index in [1.165, 1.54) is 25.3 Å².